The molecule has 1 aromatic rings. The molecular formula is C10H13Br2NO3S2. The van der Waals surface area contributed by atoms with Crippen molar-refractivity contribution in [1.82, 2.24) is 4.72 Å². The summed E-state index contributed by atoms with van der Waals surface area (Å²) in [5, 5.41) is 10.1. The minimum absolute atomic E-state index is 0.0786. The first-order valence-electron chi connectivity index (χ1n) is 5.49. The van der Waals surface area contributed by atoms with Gasteiger partial charge in [0, 0.05) is 6.54 Å². The molecule has 1 aliphatic rings. The van der Waals surface area contributed by atoms with Gasteiger partial charge in [-0.3, -0.25) is 0 Å². The van der Waals surface area contributed by atoms with Crippen molar-refractivity contribution in [1.29, 1.82) is 0 Å². The van der Waals surface area contributed by atoms with E-state index in [0.29, 0.717) is 16.6 Å². The first kappa shape index (κ1) is 14.9. The fraction of sp³-hybridized carbons (Fsp3) is 0.600. The molecule has 0 spiro atoms. The van der Waals surface area contributed by atoms with Gasteiger partial charge in [-0.1, -0.05) is 12.8 Å². The van der Waals surface area contributed by atoms with Gasteiger partial charge in [-0.2, -0.15) is 0 Å². The monoisotopic (exact) mass is 417 g/mol. The first-order chi connectivity index (χ1) is 8.32. The largest absolute Gasteiger partial charge is 0.389 e. The molecule has 0 amide bonds. The van der Waals surface area contributed by atoms with Crippen LogP contribution in [0.4, 0.5) is 0 Å². The van der Waals surface area contributed by atoms with E-state index in [0.717, 1.165) is 16.6 Å². The summed E-state index contributed by atoms with van der Waals surface area (Å²) in [4.78, 5) is 0.209. The molecule has 0 unspecified atom stereocenters. The van der Waals surface area contributed by atoms with Gasteiger partial charge in [-0.25, -0.2) is 13.1 Å². The topological polar surface area (TPSA) is 66.4 Å². The summed E-state index contributed by atoms with van der Waals surface area (Å²) in [7, 11) is -3.57. The molecule has 1 saturated carbocycles. The molecule has 18 heavy (non-hydrogen) atoms. The van der Waals surface area contributed by atoms with E-state index in [4.69, 9.17) is 0 Å². The summed E-state index contributed by atoms with van der Waals surface area (Å²) < 4.78 is 28.0. The summed E-state index contributed by atoms with van der Waals surface area (Å²) in [6, 6.07) is 1.55. The van der Waals surface area contributed by atoms with Gasteiger partial charge >= 0.3 is 0 Å². The van der Waals surface area contributed by atoms with Gasteiger partial charge < -0.3 is 5.11 Å². The molecule has 0 saturated heterocycles. The average molecular weight is 419 g/mol. The van der Waals surface area contributed by atoms with Gasteiger partial charge in [0.25, 0.3) is 0 Å². The summed E-state index contributed by atoms with van der Waals surface area (Å²) in [6.45, 7) is 0.0786. The molecule has 2 N–H and O–H groups in total. The van der Waals surface area contributed by atoms with E-state index in [2.05, 4.69) is 36.6 Å². The normalized spacial score (nSPS) is 19.3. The third kappa shape index (κ3) is 3.34. The predicted molar refractivity (Wildman–Crippen MR) is 78.3 cm³/mol. The van der Waals surface area contributed by atoms with E-state index < -0.39 is 15.6 Å². The van der Waals surface area contributed by atoms with Crippen LogP contribution in [0.25, 0.3) is 0 Å². The van der Waals surface area contributed by atoms with E-state index in [-0.39, 0.29) is 11.4 Å². The number of aliphatic hydroxyl groups is 1. The van der Waals surface area contributed by atoms with E-state index in [1.807, 2.05) is 0 Å². The predicted octanol–water partition coefficient (Wildman–Crippen LogP) is 2.86. The highest BCUT2D eigenvalue weighted by Crippen LogP contribution is 2.35. The molecule has 0 bridgehead atoms. The van der Waals surface area contributed by atoms with Gasteiger partial charge in [0.1, 0.15) is 4.90 Å². The molecule has 2 rings (SSSR count). The number of thiophene rings is 1. The Bertz CT molecular complexity index is 535. The van der Waals surface area contributed by atoms with E-state index in [1.165, 1.54) is 11.3 Å². The summed E-state index contributed by atoms with van der Waals surface area (Å²) in [5.41, 5.74) is -0.882. The molecule has 0 aliphatic heterocycles. The van der Waals surface area contributed by atoms with Gasteiger partial charge in [0.2, 0.25) is 10.0 Å². The highest BCUT2D eigenvalue weighted by Gasteiger charge is 2.33. The number of nitrogens with one attached hydrogen (secondary N) is 1. The Labute approximate surface area is 127 Å². The van der Waals surface area contributed by atoms with Crippen molar-refractivity contribution in [2.75, 3.05) is 6.54 Å². The molecule has 8 heteroatoms. The minimum Gasteiger partial charge on any atom is -0.389 e. The Kier molecular flexibility index (Phi) is 4.56. The maximum atomic E-state index is 12.1. The molecule has 0 atom stereocenters. The van der Waals surface area contributed by atoms with E-state index in [9.17, 15) is 13.5 Å². The Morgan fingerprint density at radius 3 is 2.50 bits per heavy atom. The molecule has 1 aliphatic carbocycles. The number of sulfonamides is 1. The van der Waals surface area contributed by atoms with Crippen LogP contribution < -0.4 is 4.72 Å². The summed E-state index contributed by atoms with van der Waals surface area (Å²) in [5.74, 6) is 0. The lowest BCUT2D eigenvalue weighted by Crippen LogP contribution is -2.40. The van der Waals surface area contributed by atoms with Crippen molar-refractivity contribution >= 4 is 53.2 Å². The van der Waals surface area contributed by atoms with Gasteiger partial charge in [-0.15, -0.1) is 11.3 Å². The zero-order valence-corrected chi connectivity index (χ0v) is 14.3. The van der Waals surface area contributed by atoms with Crippen LogP contribution in [0.15, 0.2) is 18.5 Å². The summed E-state index contributed by atoms with van der Waals surface area (Å²) >= 11 is 7.78. The fourth-order valence-electron chi connectivity index (χ4n) is 2.03. The van der Waals surface area contributed by atoms with Crippen molar-refractivity contribution in [2.24, 2.45) is 0 Å². The Balaban J connectivity index is 2.10. The van der Waals surface area contributed by atoms with Crippen LogP contribution in [0.1, 0.15) is 25.7 Å². The van der Waals surface area contributed by atoms with Crippen molar-refractivity contribution in [2.45, 2.75) is 36.2 Å². The molecule has 0 aromatic carbocycles. The number of hydrogen-bond acceptors (Lipinski definition) is 4. The lowest BCUT2D eigenvalue weighted by atomic mass is 10.0. The highest BCUT2D eigenvalue weighted by molar-refractivity contribution is 9.12. The number of halogens is 2. The maximum Gasteiger partial charge on any atom is 0.242 e. The Morgan fingerprint density at radius 2 is 2.00 bits per heavy atom. The smallest absolute Gasteiger partial charge is 0.242 e. The Morgan fingerprint density at radius 1 is 1.39 bits per heavy atom. The Hall–Kier alpha value is 0.530. The minimum atomic E-state index is -3.57. The number of hydrogen-bond donors (Lipinski definition) is 2. The van der Waals surface area contributed by atoms with Crippen molar-refractivity contribution < 1.29 is 13.5 Å². The lowest BCUT2D eigenvalue weighted by Gasteiger charge is -2.22. The van der Waals surface area contributed by atoms with Crippen LogP contribution >= 0.6 is 43.2 Å². The fourth-order valence-corrected chi connectivity index (χ4v) is 6.95. The van der Waals surface area contributed by atoms with E-state index >= 15 is 0 Å². The third-order valence-corrected chi connectivity index (χ3v) is 7.20. The standard InChI is InChI=1S/C10H13Br2NO3S2/c11-8-5-7(9(12)17-8)18(15,16)13-6-10(14)3-1-2-4-10/h5,13-14H,1-4,6H2. The van der Waals surface area contributed by atoms with Crippen LogP contribution in [0.5, 0.6) is 0 Å². The third-order valence-electron chi connectivity index (χ3n) is 3.04. The summed E-state index contributed by atoms with van der Waals surface area (Å²) in [6.07, 6.45) is 3.21. The number of rotatable bonds is 4. The van der Waals surface area contributed by atoms with Crippen LogP contribution in [0.3, 0.4) is 0 Å². The first-order valence-corrected chi connectivity index (χ1v) is 9.38. The van der Waals surface area contributed by atoms with Crippen LogP contribution in [-0.4, -0.2) is 25.7 Å². The SMILES string of the molecule is O=S(=O)(NCC1(O)CCCC1)c1cc(Br)sc1Br. The molecule has 1 aromatic heterocycles. The van der Waals surface area contributed by atoms with Gasteiger partial charge in [0.05, 0.1) is 13.2 Å². The highest BCUT2D eigenvalue weighted by atomic mass is 79.9. The molecule has 1 heterocycles. The molecular weight excluding hydrogens is 406 g/mol. The van der Waals surface area contributed by atoms with Crippen LogP contribution in [0, 0.1) is 0 Å². The van der Waals surface area contributed by atoms with Crippen molar-refractivity contribution in [3.05, 3.63) is 13.6 Å². The van der Waals surface area contributed by atoms with Gasteiger partial charge in [0.15, 0.2) is 0 Å². The average Bonchev–Trinajstić information content (AvgIpc) is 2.84. The maximum absolute atomic E-state index is 12.1. The quantitative estimate of drug-likeness (QED) is 0.789. The van der Waals surface area contributed by atoms with Crippen molar-refractivity contribution in [3.8, 4) is 0 Å². The molecule has 1 fully saturated rings. The van der Waals surface area contributed by atoms with Gasteiger partial charge in [-0.05, 0) is 50.8 Å². The van der Waals surface area contributed by atoms with E-state index in [1.54, 1.807) is 6.07 Å². The molecule has 102 valence electrons. The van der Waals surface area contributed by atoms with Crippen molar-refractivity contribution in [3.63, 3.8) is 0 Å². The second kappa shape index (κ2) is 5.49. The van der Waals surface area contributed by atoms with Crippen LogP contribution in [0.2, 0.25) is 0 Å². The van der Waals surface area contributed by atoms with Crippen LogP contribution in [-0.2, 0) is 10.0 Å². The second-order valence-corrected chi connectivity index (χ2v) is 9.93. The zero-order chi connectivity index (χ0) is 13.4. The molecule has 4 nitrogen and oxygen atoms in total. The lowest BCUT2D eigenvalue weighted by molar-refractivity contribution is 0.0532. The second-order valence-electron chi connectivity index (χ2n) is 4.44. The molecule has 0 radical (unpaired) electrons. The zero-order valence-electron chi connectivity index (χ0n) is 9.45.